The fourth-order valence-corrected chi connectivity index (χ4v) is 2.79. The molecule has 0 saturated carbocycles. The average molecular weight is 328 g/mol. The van der Waals surface area contributed by atoms with E-state index in [0.717, 1.165) is 58.7 Å². The lowest BCUT2D eigenvalue weighted by atomic mass is 10.1. The summed E-state index contributed by atoms with van der Waals surface area (Å²) in [7, 11) is 0. The Balaban J connectivity index is 1.89. The molecular formula is C24H24O. The van der Waals surface area contributed by atoms with Gasteiger partial charge in [-0.3, -0.25) is 0 Å². The third-order valence-corrected chi connectivity index (χ3v) is 4.25. The van der Waals surface area contributed by atoms with E-state index in [2.05, 4.69) is 61.8 Å². The molecule has 0 aliphatic rings. The van der Waals surface area contributed by atoms with Gasteiger partial charge in [-0.15, -0.1) is 0 Å². The van der Waals surface area contributed by atoms with Crippen LogP contribution in [0.4, 0.5) is 0 Å². The van der Waals surface area contributed by atoms with Gasteiger partial charge in [0.15, 0.2) is 0 Å². The zero-order valence-electron chi connectivity index (χ0n) is 15.1. The lowest BCUT2D eigenvalue weighted by Crippen LogP contribution is -1.75. The van der Waals surface area contributed by atoms with Crippen LogP contribution in [-0.4, -0.2) is 0 Å². The summed E-state index contributed by atoms with van der Waals surface area (Å²) >= 11 is 0. The van der Waals surface area contributed by atoms with Crippen LogP contribution in [0.25, 0.3) is 21.9 Å². The topological polar surface area (TPSA) is 13.1 Å². The molecule has 0 atom stereocenters. The minimum absolute atomic E-state index is 0.897. The number of hydrogen-bond acceptors (Lipinski definition) is 1. The Morgan fingerprint density at radius 1 is 0.720 bits per heavy atom. The van der Waals surface area contributed by atoms with Gasteiger partial charge in [0.05, 0.1) is 0 Å². The highest BCUT2D eigenvalue weighted by atomic mass is 16.3. The maximum absolute atomic E-state index is 6.05. The van der Waals surface area contributed by atoms with Crippen molar-refractivity contribution in [3.05, 3.63) is 47.5 Å². The quantitative estimate of drug-likeness (QED) is 0.385. The summed E-state index contributed by atoms with van der Waals surface area (Å²) < 4.78 is 6.05. The molecule has 0 fully saturated rings. The molecule has 0 saturated heterocycles. The van der Waals surface area contributed by atoms with Crippen LogP contribution >= 0.6 is 0 Å². The first-order valence-corrected chi connectivity index (χ1v) is 9.26. The van der Waals surface area contributed by atoms with E-state index in [0.29, 0.717) is 0 Å². The van der Waals surface area contributed by atoms with Crippen LogP contribution in [0, 0.1) is 23.7 Å². The van der Waals surface area contributed by atoms with Gasteiger partial charge in [-0.1, -0.05) is 50.4 Å². The summed E-state index contributed by atoms with van der Waals surface area (Å²) in [6.45, 7) is 4.37. The Morgan fingerprint density at radius 2 is 1.20 bits per heavy atom. The van der Waals surface area contributed by atoms with Crippen molar-refractivity contribution in [3.8, 4) is 23.7 Å². The van der Waals surface area contributed by atoms with Crippen molar-refractivity contribution in [1.29, 1.82) is 0 Å². The summed E-state index contributed by atoms with van der Waals surface area (Å²) in [6.07, 6.45) is 6.58. The van der Waals surface area contributed by atoms with Crippen LogP contribution in [0.5, 0.6) is 0 Å². The van der Waals surface area contributed by atoms with Crippen LogP contribution in [0.2, 0.25) is 0 Å². The highest BCUT2D eigenvalue weighted by molar-refractivity contribution is 6.05. The molecule has 25 heavy (non-hydrogen) atoms. The van der Waals surface area contributed by atoms with Crippen molar-refractivity contribution in [2.45, 2.75) is 52.4 Å². The average Bonchev–Trinajstić information content (AvgIpc) is 2.99. The van der Waals surface area contributed by atoms with E-state index in [4.69, 9.17) is 4.42 Å². The molecule has 0 bridgehead atoms. The van der Waals surface area contributed by atoms with Gasteiger partial charge >= 0.3 is 0 Å². The lowest BCUT2D eigenvalue weighted by Gasteiger charge is -1.92. The smallest absolute Gasteiger partial charge is 0.136 e. The predicted molar refractivity (Wildman–Crippen MR) is 107 cm³/mol. The molecule has 0 radical (unpaired) electrons. The number of unbranched alkanes of at least 4 members (excludes halogenated alkanes) is 4. The normalized spacial score (nSPS) is 10.3. The molecule has 1 heteroatoms. The molecule has 0 spiro atoms. The first kappa shape index (κ1) is 17.2. The number of hydrogen-bond donors (Lipinski definition) is 0. The van der Waals surface area contributed by atoms with Gasteiger partial charge in [0.2, 0.25) is 0 Å². The van der Waals surface area contributed by atoms with Gasteiger partial charge in [0.25, 0.3) is 0 Å². The summed E-state index contributed by atoms with van der Waals surface area (Å²) in [5.74, 6) is 12.9. The molecule has 1 nitrogen and oxygen atoms in total. The van der Waals surface area contributed by atoms with Gasteiger partial charge in [-0.05, 0) is 49.2 Å². The van der Waals surface area contributed by atoms with Crippen molar-refractivity contribution in [3.63, 3.8) is 0 Å². The summed E-state index contributed by atoms with van der Waals surface area (Å²) in [5, 5.41) is 2.28. The van der Waals surface area contributed by atoms with Crippen molar-refractivity contribution in [2.24, 2.45) is 0 Å². The molecule has 0 aliphatic carbocycles. The molecule has 1 aromatic heterocycles. The Hall–Kier alpha value is -2.64. The van der Waals surface area contributed by atoms with Crippen LogP contribution < -0.4 is 0 Å². The van der Waals surface area contributed by atoms with Gasteiger partial charge in [0.1, 0.15) is 11.2 Å². The molecule has 0 amide bonds. The monoisotopic (exact) mass is 328 g/mol. The second-order valence-corrected chi connectivity index (χ2v) is 6.33. The van der Waals surface area contributed by atoms with Crippen molar-refractivity contribution in [1.82, 2.24) is 0 Å². The molecule has 126 valence electrons. The number of fused-ring (bicyclic) bond motifs is 3. The van der Waals surface area contributed by atoms with Crippen LogP contribution in [-0.2, 0) is 0 Å². The third kappa shape index (κ3) is 4.26. The maximum atomic E-state index is 6.05. The molecule has 0 aliphatic heterocycles. The van der Waals surface area contributed by atoms with E-state index in [-0.39, 0.29) is 0 Å². The second-order valence-electron chi connectivity index (χ2n) is 6.33. The van der Waals surface area contributed by atoms with E-state index < -0.39 is 0 Å². The maximum Gasteiger partial charge on any atom is 0.136 e. The van der Waals surface area contributed by atoms with Gasteiger partial charge < -0.3 is 4.42 Å². The summed E-state index contributed by atoms with van der Waals surface area (Å²) in [6, 6.07) is 12.5. The second kappa shape index (κ2) is 8.46. The zero-order chi connectivity index (χ0) is 17.5. The van der Waals surface area contributed by atoms with Crippen LogP contribution in [0.3, 0.4) is 0 Å². The zero-order valence-corrected chi connectivity index (χ0v) is 15.1. The highest BCUT2D eigenvalue weighted by Gasteiger charge is 2.07. The van der Waals surface area contributed by atoms with Crippen molar-refractivity contribution >= 4 is 21.9 Å². The predicted octanol–water partition coefficient (Wildman–Crippen LogP) is 6.67. The lowest BCUT2D eigenvalue weighted by molar-refractivity contribution is 0.668. The van der Waals surface area contributed by atoms with E-state index in [1.54, 1.807) is 0 Å². The Kier molecular flexibility index (Phi) is 5.81. The van der Waals surface area contributed by atoms with Gasteiger partial charge in [0, 0.05) is 34.7 Å². The van der Waals surface area contributed by atoms with E-state index in [1.807, 2.05) is 12.1 Å². The fourth-order valence-electron chi connectivity index (χ4n) is 2.79. The molecular weight excluding hydrogens is 304 g/mol. The van der Waals surface area contributed by atoms with E-state index in [1.165, 1.54) is 12.8 Å². The summed E-state index contributed by atoms with van der Waals surface area (Å²) in [4.78, 5) is 0. The number of rotatable bonds is 4. The molecule has 1 heterocycles. The molecule has 2 aromatic carbocycles. The van der Waals surface area contributed by atoms with Crippen LogP contribution in [0.15, 0.2) is 40.8 Å². The first-order valence-electron chi connectivity index (χ1n) is 9.26. The van der Waals surface area contributed by atoms with Crippen molar-refractivity contribution < 1.29 is 4.42 Å². The molecule has 3 rings (SSSR count). The van der Waals surface area contributed by atoms with Gasteiger partial charge in [-0.2, -0.15) is 0 Å². The third-order valence-electron chi connectivity index (χ3n) is 4.25. The molecule has 0 unspecified atom stereocenters. The standard InChI is InChI=1S/C24H24O/c1-3-5-7-9-11-19-13-15-21-22-16-14-20(12-10-8-6-4-2)18-24(22)25-23(21)17-19/h13-18H,3-8H2,1-2H3. The fraction of sp³-hybridized carbons (Fsp3) is 0.333. The molecule has 0 N–H and O–H groups in total. The Bertz CT molecular complexity index is 903. The minimum atomic E-state index is 0.897. The number of benzene rings is 2. The largest absolute Gasteiger partial charge is 0.456 e. The van der Waals surface area contributed by atoms with E-state index in [9.17, 15) is 0 Å². The summed E-state index contributed by atoms with van der Waals surface area (Å²) in [5.41, 5.74) is 3.83. The number of furan rings is 1. The molecule has 3 aromatic rings. The van der Waals surface area contributed by atoms with Crippen molar-refractivity contribution in [2.75, 3.05) is 0 Å². The Labute approximate surface area is 150 Å². The van der Waals surface area contributed by atoms with Gasteiger partial charge in [-0.25, -0.2) is 0 Å². The van der Waals surface area contributed by atoms with E-state index >= 15 is 0 Å². The highest BCUT2D eigenvalue weighted by Crippen LogP contribution is 2.29. The Morgan fingerprint density at radius 3 is 1.64 bits per heavy atom. The first-order chi connectivity index (χ1) is 12.3. The SMILES string of the molecule is CCCCC#Cc1ccc2c(c1)oc1cc(C#CCCCC)ccc12. The minimum Gasteiger partial charge on any atom is -0.456 e. The van der Waals surface area contributed by atoms with Crippen LogP contribution in [0.1, 0.15) is 63.5 Å².